The predicted octanol–water partition coefficient (Wildman–Crippen LogP) is 1.96. The van der Waals surface area contributed by atoms with E-state index in [0.717, 1.165) is 5.57 Å². The van der Waals surface area contributed by atoms with Gasteiger partial charge in [0.15, 0.2) is 0 Å². The zero-order chi connectivity index (χ0) is 8.85. The summed E-state index contributed by atoms with van der Waals surface area (Å²) in [6, 6.07) is 0. The van der Waals surface area contributed by atoms with E-state index < -0.39 is 0 Å². The van der Waals surface area contributed by atoms with E-state index in [1.807, 2.05) is 19.9 Å². The largest absolute Gasteiger partial charge is 0.495 e. The van der Waals surface area contributed by atoms with Gasteiger partial charge in [-0.25, -0.2) is 0 Å². The summed E-state index contributed by atoms with van der Waals surface area (Å²) in [5, 5.41) is 0. The molecular formula is C9H15NO. The van der Waals surface area contributed by atoms with Crippen LogP contribution in [-0.4, -0.2) is 7.11 Å². The second-order valence-corrected chi connectivity index (χ2v) is 2.16. The minimum absolute atomic E-state index is 0.626. The SMILES string of the molecule is C=C/C(OC)=C(N)\C(C)=C/C. The molecule has 0 rings (SSSR count). The third-order valence-electron chi connectivity index (χ3n) is 1.53. The molecule has 0 heterocycles. The summed E-state index contributed by atoms with van der Waals surface area (Å²) >= 11 is 0. The Kier molecular flexibility index (Phi) is 4.11. The fourth-order valence-electron chi connectivity index (χ4n) is 0.653. The normalized spacial score (nSPS) is 13.9. The molecule has 2 nitrogen and oxygen atoms in total. The molecule has 0 bridgehead atoms. The fourth-order valence-corrected chi connectivity index (χ4v) is 0.653. The van der Waals surface area contributed by atoms with Gasteiger partial charge in [0.05, 0.1) is 12.8 Å². The van der Waals surface area contributed by atoms with Gasteiger partial charge in [-0.15, -0.1) is 0 Å². The van der Waals surface area contributed by atoms with Gasteiger partial charge in [-0.3, -0.25) is 0 Å². The highest BCUT2D eigenvalue weighted by Gasteiger charge is 1.99. The standard InChI is InChI=1S/C9H15NO/c1-5-7(3)9(10)8(6-2)11-4/h5-6H,2,10H2,1,3-4H3/b7-5-,9-8-. The van der Waals surface area contributed by atoms with E-state index >= 15 is 0 Å². The maximum absolute atomic E-state index is 5.71. The Morgan fingerprint density at radius 3 is 2.36 bits per heavy atom. The Bertz CT molecular complexity index is 202. The zero-order valence-corrected chi connectivity index (χ0v) is 7.35. The van der Waals surface area contributed by atoms with Crippen LogP contribution in [0.3, 0.4) is 0 Å². The van der Waals surface area contributed by atoms with Gasteiger partial charge in [0.2, 0.25) is 0 Å². The topological polar surface area (TPSA) is 35.2 Å². The first-order valence-corrected chi connectivity index (χ1v) is 3.46. The number of methoxy groups -OCH3 is 1. The minimum atomic E-state index is 0.626. The van der Waals surface area contributed by atoms with Gasteiger partial charge in [0.25, 0.3) is 0 Å². The van der Waals surface area contributed by atoms with E-state index in [1.54, 1.807) is 13.2 Å². The summed E-state index contributed by atoms with van der Waals surface area (Å²) in [6.07, 6.45) is 3.53. The second kappa shape index (κ2) is 4.61. The number of allylic oxidation sites excluding steroid dienone is 3. The average Bonchev–Trinajstić information content (AvgIpc) is 2.05. The maximum Gasteiger partial charge on any atom is 0.141 e. The van der Waals surface area contributed by atoms with Gasteiger partial charge >= 0.3 is 0 Å². The molecule has 2 heteroatoms. The molecule has 0 radical (unpaired) electrons. The van der Waals surface area contributed by atoms with Crippen molar-refractivity contribution in [3.63, 3.8) is 0 Å². The van der Waals surface area contributed by atoms with Crippen LogP contribution in [-0.2, 0) is 4.74 Å². The summed E-state index contributed by atoms with van der Waals surface area (Å²) in [7, 11) is 1.58. The molecule has 11 heavy (non-hydrogen) atoms. The van der Waals surface area contributed by atoms with E-state index in [1.165, 1.54) is 0 Å². The molecule has 0 saturated carbocycles. The van der Waals surface area contributed by atoms with Crippen molar-refractivity contribution in [1.29, 1.82) is 0 Å². The Balaban J connectivity index is 4.75. The summed E-state index contributed by atoms with van der Waals surface area (Å²) in [6.45, 7) is 7.44. The molecule has 0 fully saturated rings. The van der Waals surface area contributed by atoms with Crippen molar-refractivity contribution in [3.05, 3.63) is 35.8 Å². The molecule has 0 aromatic heterocycles. The van der Waals surface area contributed by atoms with Crippen molar-refractivity contribution < 1.29 is 4.74 Å². The van der Waals surface area contributed by atoms with Crippen molar-refractivity contribution in [2.45, 2.75) is 13.8 Å². The van der Waals surface area contributed by atoms with Crippen LogP contribution in [0.2, 0.25) is 0 Å². The molecule has 0 amide bonds. The lowest BCUT2D eigenvalue weighted by Gasteiger charge is -2.06. The van der Waals surface area contributed by atoms with Crippen LogP contribution in [0, 0.1) is 0 Å². The molecular weight excluding hydrogens is 138 g/mol. The van der Waals surface area contributed by atoms with Crippen molar-refractivity contribution in [3.8, 4) is 0 Å². The summed E-state index contributed by atoms with van der Waals surface area (Å²) in [5.74, 6) is 0.626. The highest BCUT2D eigenvalue weighted by molar-refractivity contribution is 5.32. The van der Waals surface area contributed by atoms with Crippen LogP contribution in [0.1, 0.15) is 13.8 Å². The van der Waals surface area contributed by atoms with Gasteiger partial charge in [0, 0.05) is 0 Å². The van der Waals surface area contributed by atoms with Crippen molar-refractivity contribution >= 4 is 0 Å². The second-order valence-electron chi connectivity index (χ2n) is 2.16. The van der Waals surface area contributed by atoms with Crippen LogP contribution in [0.15, 0.2) is 35.8 Å². The lowest BCUT2D eigenvalue weighted by molar-refractivity contribution is 0.303. The molecule has 0 atom stereocenters. The first kappa shape index (κ1) is 9.82. The number of ether oxygens (including phenoxy) is 1. The van der Waals surface area contributed by atoms with Crippen LogP contribution in [0.25, 0.3) is 0 Å². The monoisotopic (exact) mass is 153 g/mol. The molecule has 0 aromatic carbocycles. The lowest BCUT2D eigenvalue weighted by atomic mass is 10.2. The highest BCUT2D eigenvalue weighted by atomic mass is 16.5. The number of nitrogens with two attached hydrogens (primary N) is 1. The highest BCUT2D eigenvalue weighted by Crippen LogP contribution is 2.09. The van der Waals surface area contributed by atoms with Gasteiger partial charge in [0.1, 0.15) is 5.76 Å². The van der Waals surface area contributed by atoms with Gasteiger partial charge in [-0.1, -0.05) is 12.7 Å². The number of hydrogen-bond donors (Lipinski definition) is 1. The van der Waals surface area contributed by atoms with E-state index in [4.69, 9.17) is 10.5 Å². The maximum atomic E-state index is 5.71. The molecule has 0 aliphatic carbocycles. The van der Waals surface area contributed by atoms with Crippen LogP contribution in [0.4, 0.5) is 0 Å². The summed E-state index contributed by atoms with van der Waals surface area (Å²) in [4.78, 5) is 0. The lowest BCUT2D eigenvalue weighted by Crippen LogP contribution is -2.03. The molecule has 0 aliphatic heterocycles. The van der Waals surface area contributed by atoms with Gasteiger partial charge in [-0.2, -0.15) is 0 Å². The summed E-state index contributed by atoms with van der Waals surface area (Å²) in [5.41, 5.74) is 7.35. The Labute approximate surface area is 68.0 Å². The fraction of sp³-hybridized carbons (Fsp3) is 0.333. The Morgan fingerprint density at radius 2 is 2.09 bits per heavy atom. The Morgan fingerprint density at radius 1 is 1.55 bits per heavy atom. The van der Waals surface area contributed by atoms with Crippen molar-refractivity contribution in [2.75, 3.05) is 7.11 Å². The van der Waals surface area contributed by atoms with E-state index in [9.17, 15) is 0 Å². The number of rotatable bonds is 3. The third kappa shape index (κ3) is 2.50. The molecule has 0 unspecified atom stereocenters. The van der Waals surface area contributed by atoms with Crippen LogP contribution >= 0.6 is 0 Å². The Hall–Kier alpha value is -1.18. The molecule has 0 saturated heterocycles. The van der Waals surface area contributed by atoms with Crippen molar-refractivity contribution in [1.82, 2.24) is 0 Å². The predicted molar refractivity (Wildman–Crippen MR) is 47.9 cm³/mol. The molecule has 0 spiro atoms. The van der Waals surface area contributed by atoms with Gasteiger partial charge < -0.3 is 10.5 Å². The van der Waals surface area contributed by atoms with Crippen LogP contribution in [0.5, 0.6) is 0 Å². The van der Waals surface area contributed by atoms with Gasteiger partial charge in [-0.05, 0) is 25.5 Å². The minimum Gasteiger partial charge on any atom is -0.495 e. The van der Waals surface area contributed by atoms with Crippen LogP contribution < -0.4 is 5.73 Å². The smallest absolute Gasteiger partial charge is 0.141 e. The molecule has 2 N–H and O–H groups in total. The first-order chi connectivity index (χ1) is 5.17. The summed E-state index contributed by atoms with van der Waals surface area (Å²) < 4.78 is 4.98. The zero-order valence-electron chi connectivity index (χ0n) is 7.35. The third-order valence-corrected chi connectivity index (χ3v) is 1.53. The average molecular weight is 153 g/mol. The number of hydrogen-bond acceptors (Lipinski definition) is 2. The molecule has 0 aromatic rings. The molecule has 62 valence electrons. The van der Waals surface area contributed by atoms with Crippen molar-refractivity contribution in [2.24, 2.45) is 5.73 Å². The van der Waals surface area contributed by atoms with E-state index in [2.05, 4.69) is 6.58 Å². The van der Waals surface area contributed by atoms with E-state index in [-0.39, 0.29) is 0 Å². The molecule has 0 aliphatic rings. The first-order valence-electron chi connectivity index (χ1n) is 3.46. The quantitative estimate of drug-likeness (QED) is 0.497. The van der Waals surface area contributed by atoms with E-state index in [0.29, 0.717) is 11.5 Å².